The van der Waals surface area contributed by atoms with Gasteiger partial charge in [-0.1, -0.05) is 42.5 Å². The van der Waals surface area contributed by atoms with E-state index in [4.69, 9.17) is 18.9 Å². The van der Waals surface area contributed by atoms with Gasteiger partial charge in [-0.3, -0.25) is 0 Å². The summed E-state index contributed by atoms with van der Waals surface area (Å²) in [7, 11) is 1.63. The summed E-state index contributed by atoms with van der Waals surface area (Å²) in [6.45, 7) is 2.92. The standard InChI is InChI=1S/C21H26O5/c1-17(26-16-24-14-18-6-4-3-5-7-18)21(12-13-22)25-15-19-8-10-20(23-2)11-9-19/h3-11,13,17,21H,12,14-16H2,1-2H3/t17-,21-/m1/s1. The zero-order chi connectivity index (χ0) is 18.6. The maximum atomic E-state index is 10.9. The highest BCUT2D eigenvalue weighted by molar-refractivity contribution is 5.50. The zero-order valence-electron chi connectivity index (χ0n) is 15.3. The van der Waals surface area contributed by atoms with Gasteiger partial charge in [0.1, 0.15) is 18.8 Å². The van der Waals surface area contributed by atoms with Crippen molar-refractivity contribution in [2.24, 2.45) is 0 Å². The molecule has 0 aliphatic heterocycles. The van der Waals surface area contributed by atoms with Crippen LogP contribution in [0.1, 0.15) is 24.5 Å². The van der Waals surface area contributed by atoms with Crippen LogP contribution in [0.3, 0.4) is 0 Å². The quantitative estimate of drug-likeness (QED) is 0.329. The molecule has 0 bridgehead atoms. The average Bonchev–Trinajstić information content (AvgIpc) is 2.69. The summed E-state index contributed by atoms with van der Waals surface area (Å²) in [5.41, 5.74) is 2.10. The lowest BCUT2D eigenvalue weighted by Gasteiger charge is -2.23. The zero-order valence-corrected chi connectivity index (χ0v) is 15.3. The topological polar surface area (TPSA) is 54.0 Å². The largest absolute Gasteiger partial charge is 0.497 e. The summed E-state index contributed by atoms with van der Waals surface area (Å²) in [4.78, 5) is 10.9. The van der Waals surface area contributed by atoms with Crippen LogP contribution in [0.5, 0.6) is 5.75 Å². The van der Waals surface area contributed by atoms with Gasteiger partial charge in [0.05, 0.1) is 32.5 Å². The highest BCUT2D eigenvalue weighted by Crippen LogP contribution is 2.15. The maximum absolute atomic E-state index is 10.9. The molecule has 0 N–H and O–H groups in total. The first kappa shape index (κ1) is 20.1. The van der Waals surface area contributed by atoms with Crippen LogP contribution in [-0.4, -0.2) is 32.4 Å². The van der Waals surface area contributed by atoms with Crippen LogP contribution in [-0.2, 0) is 32.2 Å². The maximum Gasteiger partial charge on any atom is 0.147 e. The number of carbonyl (C=O) groups is 1. The molecule has 0 amide bonds. The molecule has 0 aliphatic rings. The molecule has 0 spiro atoms. The van der Waals surface area contributed by atoms with Gasteiger partial charge in [-0.15, -0.1) is 0 Å². The van der Waals surface area contributed by atoms with Crippen LogP contribution in [0.25, 0.3) is 0 Å². The minimum absolute atomic E-state index is 0.150. The van der Waals surface area contributed by atoms with E-state index < -0.39 is 0 Å². The molecule has 0 aliphatic carbocycles. The van der Waals surface area contributed by atoms with Crippen molar-refractivity contribution in [3.8, 4) is 5.75 Å². The van der Waals surface area contributed by atoms with E-state index in [-0.39, 0.29) is 25.4 Å². The van der Waals surface area contributed by atoms with Gasteiger partial charge in [0.2, 0.25) is 0 Å². The number of aldehydes is 1. The van der Waals surface area contributed by atoms with E-state index in [2.05, 4.69) is 0 Å². The normalized spacial score (nSPS) is 13.2. The Morgan fingerprint density at radius 3 is 2.27 bits per heavy atom. The second-order valence-electron chi connectivity index (χ2n) is 5.92. The number of benzene rings is 2. The molecule has 0 unspecified atom stereocenters. The fourth-order valence-electron chi connectivity index (χ4n) is 2.41. The van der Waals surface area contributed by atoms with Crippen molar-refractivity contribution < 1.29 is 23.7 Å². The fraction of sp³-hybridized carbons (Fsp3) is 0.381. The minimum Gasteiger partial charge on any atom is -0.497 e. The summed E-state index contributed by atoms with van der Waals surface area (Å²) in [5.74, 6) is 0.797. The Morgan fingerprint density at radius 2 is 1.62 bits per heavy atom. The first-order valence-electron chi connectivity index (χ1n) is 8.64. The molecule has 140 valence electrons. The molecule has 2 rings (SSSR count). The molecule has 0 fully saturated rings. The molecule has 5 nitrogen and oxygen atoms in total. The van der Waals surface area contributed by atoms with Crippen LogP contribution in [0, 0.1) is 0 Å². The third-order valence-corrected chi connectivity index (χ3v) is 4.00. The molecule has 2 atom stereocenters. The van der Waals surface area contributed by atoms with Crippen molar-refractivity contribution in [2.75, 3.05) is 13.9 Å². The van der Waals surface area contributed by atoms with Crippen LogP contribution in [0.15, 0.2) is 54.6 Å². The number of hydrogen-bond acceptors (Lipinski definition) is 5. The molecule has 0 aromatic heterocycles. The Kier molecular flexibility index (Phi) is 8.83. The fourth-order valence-corrected chi connectivity index (χ4v) is 2.41. The highest BCUT2D eigenvalue weighted by atomic mass is 16.7. The first-order chi connectivity index (χ1) is 12.7. The van der Waals surface area contributed by atoms with Crippen molar-refractivity contribution >= 4 is 6.29 Å². The van der Waals surface area contributed by atoms with Crippen molar-refractivity contribution in [2.45, 2.75) is 38.8 Å². The van der Waals surface area contributed by atoms with Crippen LogP contribution in [0.2, 0.25) is 0 Å². The Morgan fingerprint density at radius 1 is 0.923 bits per heavy atom. The van der Waals surface area contributed by atoms with Crippen molar-refractivity contribution in [1.82, 2.24) is 0 Å². The predicted molar refractivity (Wildman–Crippen MR) is 98.9 cm³/mol. The lowest BCUT2D eigenvalue weighted by atomic mass is 10.1. The molecule has 26 heavy (non-hydrogen) atoms. The summed E-state index contributed by atoms with van der Waals surface area (Å²) in [6, 6.07) is 17.5. The molecular weight excluding hydrogens is 332 g/mol. The number of carbonyl (C=O) groups excluding carboxylic acids is 1. The van der Waals surface area contributed by atoms with Gasteiger partial charge >= 0.3 is 0 Å². The number of hydrogen-bond donors (Lipinski definition) is 0. The third-order valence-electron chi connectivity index (χ3n) is 4.00. The average molecular weight is 358 g/mol. The van der Waals surface area contributed by atoms with Crippen LogP contribution < -0.4 is 4.74 Å². The van der Waals surface area contributed by atoms with Gasteiger partial charge in [-0.05, 0) is 30.2 Å². The molecular formula is C21H26O5. The minimum atomic E-state index is -0.324. The third kappa shape index (κ3) is 6.96. The molecule has 0 saturated carbocycles. The van der Waals surface area contributed by atoms with Gasteiger partial charge in [0.15, 0.2) is 0 Å². The number of ether oxygens (including phenoxy) is 4. The smallest absolute Gasteiger partial charge is 0.147 e. The van der Waals surface area contributed by atoms with Crippen molar-refractivity contribution in [3.63, 3.8) is 0 Å². The van der Waals surface area contributed by atoms with E-state index in [0.717, 1.165) is 23.2 Å². The van der Waals surface area contributed by atoms with E-state index in [1.807, 2.05) is 61.5 Å². The highest BCUT2D eigenvalue weighted by Gasteiger charge is 2.18. The van der Waals surface area contributed by atoms with Crippen molar-refractivity contribution in [3.05, 3.63) is 65.7 Å². The lowest BCUT2D eigenvalue weighted by molar-refractivity contribution is -0.143. The van der Waals surface area contributed by atoms with Gasteiger partial charge in [-0.2, -0.15) is 0 Å². The summed E-state index contributed by atoms with van der Waals surface area (Å²) < 4.78 is 22.2. The van der Waals surface area contributed by atoms with Crippen LogP contribution in [0.4, 0.5) is 0 Å². The summed E-state index contributed by atoms with van der Waals surface area (Å²) in [5, 5.41) is 0. The van der Waals surface area contributed by atoms with E-state index in [9.17, 15) is 4.79 Å². The molecule has 0 radical (unpaired) electrons. The Labute approximate surface area is 154 Å². The summed E-state index contributed by atoms with van der Waals surface area (Å²) in [6.07, 6.45) is 0.545. The number of rotatable bonds is 12. The molecule has 0 saturated heterocycles. The molecule has 5 heteroatoms. The van der Waals surface area contributed by atoms with E-state index >= 15 is 0 Å². The van der Waals surface area contributed by atoms with Crippen LogP contribution >= 0.6 is 0 Å². The second kappa shape index (κ2) is 11.4. The SMILES string of the molecule is COc1ccc(CO[C@H](CC=O)[C@@H](C)OCOCc2ccccc2)cc1. The molecule has 2 aromatic carbocycles. The van der Waals surface area contributed by atoms with Gasteiger partial charge < -0.3 is 23.7 Å². The Balaban J connectivity index is 1.74. The summed E-state index contributed by atoms with van der Waals surface area (Å²) >= 11 is 0. The lowest BCUT2D eigenvalue weighted by Crippen LogP contribution is -2.30. The van der Waals surface area contributed by atoms with Crippen molar-refractivity contribution in [1.29, 1.82) is 0 Å². The molecule has 2 aromatic rings. The van der Waals surface area contributed by atoms with Gasteiger partial charge in [0.25, 0.3) is 0 Å². The Hall–Kier alpha value is -2.21. The van der Waals surface area contributed by atoms with E-state index in [1.54, 1.807) is 7.11 Å². The first-order valence-corrected chi connectivity index (χ1v) is 8.64. The number of methoxy groups -OCH3 is 1. The Bertz CT molecular complexity index is 627. The van der Waals surface area contributed by atoms with E-state index in [1.165, 1.54) is 0 Å². The second-order valence-corrected chi connectivity index (χ2v) is 5.92. The van der Waals surface area contributed by atoms with E-state index in [0.29, 0.717) is 13.2 Å². The van der Waals surface area contributed by atoms with Gasteiger partial charge in [0, 0.05) is 6.42 Å². The molecule has 0 heterocycles. The monoisotopic (exact) mass is 358 g/mol. The van der Waals surface area contributed by atoms with Gasteiger partial charge in [-0.25, -0.2) is 0 Å². The predicted octanol–water partition coefficient (Wildman–Crippen LogP) is 3.75.